The summed E-state index contributed by atoms with van der Waals surface area (Å²) in [5, 5.41) is 0. The molecule has 0 bridgehead atoms. The maximum absolute atomic E-state index is 11.8. The quantitative estimate of drug-likeness (QED) is 0.732. The Balaban J connectivity index is 1.70. The number of hydrogen-bond acceptors (Lipinski definition) is 7. The summed E-state index contributed by atoms with van der Waals surface area (Å²) in [5.74, 6) is 0.874. The van der Waals surface area contributed by atoms with Gasteiger partial charge in [0.25, 0.3) is 0 Å². The van der Waals surface area contributed by atoms with E-state index in [-0.39, 0.29) is 5.76 Å². The van der Waals surface area contributed by atoms with E-state index in [1.807, 2.05) is 0 Å². The third-order valence-corrected chi connectivity index (χ3v) is 3.56. The number of hydrazine groups is 1. The molecule has 3 heterocycles. The van der Waals surface area contributed by atoms with Crippen LogP contribution in [0.5, 0.6) is 0 Å². The number of nitrogens with zero attached hydrogens (tertiary/aromatic N) is 3. The van der Waals surface area contributed by atoms with Crippen molar-refractivity contribution in [3.05, 3.63) is 30.5 Å². The van der Waals surface area contributed by atoms with E-state index in [4.69, 9.17) is 10.2 Å². The Kier molecular flexibility index (Phi) is 4.08. The molecule has 1 amide bonds. The van der Waals surface area contributed by atoms with Gasteiger partial charge in [-0.3, -0.25) is 15.6 Å². The number of carbonyl (C=O) groups is 1. The molecule has 1 aliphatic heterocycles. The Morgan fingerprint density at radius 1 is 1.27 bits per heavy atom. The lowest BCUT2D eigenvalue weighted by Gasteiger charge is -2.28. The molecule has 8 nitrogen and oxygen atoms in total. The molecule has 8 heteroatoms. The molecule has 1 saturated heterocycles. The molecular formula is C14H18N6O2. The van der Waals surface area contributed by atoms with Crippen LogP contribution >= 0.6 is 0 Å². The van der Waals surface area contributed by atoms with Crippen molar-refractivity contribution < 1.29 is 9.21 Å². The number of piperidine rings is 1. The fraction of sp³-hybridized carbons (Fsp3) is 0.357. The largest absolute Gasteiger partial charge is 0.459 e. The zero-order valence-corrected chi connectivity index (χ0v) is 12.1. The number of furan rings is 1. The molecule has 0 spiro atoms. The monoisotopic (exact) mass is 302 g/mol. The van der Waals surface area contributed by atoms with Gasteiger partial charge in [-0.1, -0.05) is 0 Å². The van der Waals surface area contributed by atoms with Crippen LogP contribution in [-0.4, -0.2) is 29.0 Å². The second kappa shape index (κ2) is 6.33. The summed E-state index contributed by atoms with van der Waals surface area (Å²) in [6.45, 7) is 1.86. The first-order valence-corrected chi connectivity index (χ1v) is 7.21. The number of nitrogen functional groups attached to an aromatic ring is 1. The van der Waals surface area contributed by atoms with Crippen LogP contribution in [0.2, 0.25) is 0 Å². The lowest BCUT2D eigenvalue weighted by atomic mass is 10.1. The van der Waals surface area contributed by atoms with E-state index in [0.29, 0.717) is 17.3 Å². The molecule has 1 aliphatic rings. The number of nitrogens with one attached hydrogen (secondary N) is 2. The molecule has 1 fully saturated rings. The highest BCUT2D eigenvalue weighted by molar-refractivity contribution is 5.92. The number of hydrogen-bond donors (Lipinski definition) is 3. The van der Waals surface area contributed by atoms with Crippen molar-refractivity contribution in [3.8, 4) is 0 Å². The second-order valence-electron chi connectivity index (χ2n) is 5.06. The van der Waals surface area contributed by atoms with Gasteiger partial charge in [0.15, 0.2) is 17.4 Å². The Bertz CT molecular complexity index is 637. The van der Waals surface area contributed by atoms with Crippen molar-refractivity contribution in [2.24, 2.45) is 0 Å². The van der Waals surface area contributed by atoms with Crippen molar-refractivity contribution in [3.63, 3.8) is 0 Å². The number of anilines is 3. The minimum Gasteiger partial charge on any atom is -0.459 e. The average Bonchev–Trinajstić information content (AvgIpc) is 3.09. The van der Waals surface area contributed by atoms with Crippen LogP contribution in [0, 0.1) is 0 Å². The summed E-state index contributed by atoms with van der Waals surface area (Å²) < 4.78 is 5.01. The highest BCUT2D eigenvalue weighted by Gasteiger charge is 2.18. The molecule has 4 N–H and O–H groups in total. The predicted molar refractivity (Wildman–Crippen MR) is 82.3 cm³/mol. The van der Waals surface area contributed by atoms with E-state index in [1.54, 1.807) is 12.1 Å². The zero-order valence-electron chi connectivity index (χ0n) is 12.1. The van der Waals surface area contributed by atoms with Gasteiger partial charge in [-0.05, 0) is 31.4 Å². The molecule has 2 aromatic heterocycles. The first-order valence-electron chi connectivity index (χ1n) is 7.21. The van der Waals surface area contributed by atoms with E-state index < -0.39 is 5.91 Å². The molecule has 0 aliphatic carbocycles. The van der Waals surface area contributed by atoms with Gasteiger partial charge in [0.05, 0.1) is 6.26 Å². The van der Waals surface area contributed by atoms with Gasteiger partial charge in [0.2, 0.25) is 0 Å². The van der Waals surface area contributed by atoms with Crippen LogP contribution in [0.15, 0.2) is 29.1 Å². The van der Waals surface area contributed by atoms with Crippen molar-refractivity contribution in [1.29, 1.82) is 0 Å². The summed E-state index contributed by atoms with van der Waals surface area (Å²) in [6.07, 6.45) is 6.35. The van der Waals surface area contributed by atoms with Crippen LogP contribution < -0.4 is 21.5 Å². The van der Waals surface area contributed by atoms with E-state index >= 15 is 0 Å². The first kappa shape index (κ1) is 14.2. The van der Waals surface area contributed by atoms with Crippen molar-refractivity contribution in [2.45, 2.75) is 19.3 Å². The predicted octanol–water partition coefficient (Wildman–Crippen LogP) is 1.40. The third-order valence-electron chi connectivity index (χ3n) is 3.56. The molecule has 22 heavy (non-hydrogen) atoms. The van der Waals surface area contributed by atoms with Gasteiger partial charge in [-0.15, -0.1) is 0 Å². The van der Waals surface area contributed by atoms with Crippen LogP contribution in [0.4, 0.5) is 17.3 Å². The number of amides is 1. The van der Waals surface area contributed by atoms with E-state index in [2.05, 4.69) is 25.7 Å². The Labute approximate surface area is 127 Å². The minimum absolute atomic E-state index is 0.205. The normalized spacial score (nSPS) is 14.6. The smallest absolute Gasteiger partial charge is 0.305 e. The molecule has 0 radical (unpaired) electrons. The van der Waals surface area contributed by atoms with Gasteiger partial charge < -0.3 is 15.1 Å². The zero-order chi connectivity index (χ0) is 15.4. The van der Waals surface area contributed by atoms with Crippen LogP contribution in [0.1, 0.15) is 29.8 Å². The Morgan fingerprint density at radius 3 is 2.82 bits per heavy atom. The standard InChI is InChI=1S/C14H18N6O2/c15-11-12(18-19-14(21)10-5-4-8-22-10)16-9-17-13(11)20-6-2-1-3-7-20/h4-5,8-9H,1-3,6-7,15H2,(H,19,21)(H,16,17,18). The minimum atomic E-state index is -0.400. The molecule has 0 aromatic carbocycles. The Morgan fingerprint density at radius 2 is 2.09 bits per heavy atom. The fourth-order valence-electron chi connectivity index (χ4n) is 2.43. The SMILES string of the molecule is Nc1c(NNC(=O)c2ccco2)ncnc1N1CCCCC1. The Hall–Kier alpha value is -2.77. The van der Waals surface area contributed by atoms with Crippen LogP contribution in [0.3, 0.4) is 0 Å². The van der Waals surface area contributed by atoms with Crippen molar-refractivity contribution in [1.82, 2.24) is 15.4 Å². The fourth-order valence-corrected chi connectivity index (χ4v) is 2.43. The molecule has 0 atom stereocenters. The number of carbonyl (C=O) groups excluding carboxylic acids is 1. The summed E-state index contributed by atoms with van der Waals surface area (Å²) in [5.41, 5.74) is 11.8. The third kappa shape index (κ3) is 2.95. The van der Waals surface area contributed by atoms with Gasteiger partial charge in [0, 0.05) is 13.1 Å². The van der Waals surface area contributed by atoms with Crippen molar-refractivity contribution >= 4 is 23.2 Å². The summed E-state index contributed by atoms with van der Waals surface area (Å²) in [6, 6.07) is 3.21. The summed E-state index contributed by atoms with van der Waals surface area (Å²) >= 11 is 0. The van der Waals surface area contributed by atoms with E-state index in [1.165, 1.54) is 19.0 Å². The molecular weight excluding hydrogens is 284 g/mol. The first-order chi connectivity index (χ1) is 10.8. The molecule has 0 unspecified atom stereocenters. The topological polar surface area (TPSA) is 109 Å². The summed E-state index contributed by atoms with van der Waals surface area (Å²) in [7, 11) is 0. The molecule has 0 saturated carbocycles. The maximum atomic E-state index is 11.8. The highest BCUT2D eigenvalue weighted by atomic mass is 16.3. The van der Waals surface area contributed by atoms with E-state index in [0.717, 1.165) is 25.9 Å². The maximum Gasteiger partial charge on any atom is 0.305 e. The number of rotatable bonds is 4. The molecule has 116 valence electrons. The van der Waals surface area contributed by atoms with Gasteiger partial charge >= 0.3 is 5.91 Å². The average molecular weight is 302 g/mol. The van der Waals surface area contributed by atoms with Crippen molar-refractivity contribution in [2.75, 3.05) is 29.1 Å². The lowest BCUT2D eigenvalue weighted by molar-refractivity contribution is 0.0935. The highest BCUT2D eigenvalue weighted by Crippen LogP contribution is 2.27. The number of nitrogens with two attached hydrogens (primary N) is 1. The lowest BCUT2D eigenvalue weighted by Crippen LogP contribution is -2.33. The van der Waals surface area contributed by atoms with Gasteiger partial charge in [-0.25, -0.2) is 9.97 Å². The molecule has 2 aromatic rings. The van der Waals surface area contributed by atoms with Crippen LogP contribution in [-0.2, 0) is 0 Å². The van der Waals surface area contributed by atoms with Gasteiger partial charge in [-0.2, -0.15) is 0 Å². The number of aromatic nitrogens is 2. The molecule has 3 rings (SSSR count). The van der Waals surface area contributed by atoms with E-state index in [9.17, 15) is 4.79 Å². The van der Waals surface area contributed by atoms with Gasteiger partial charge in [0.1, 0.15) is 12.0 Å². The summed E-state index contributed by atoms with van der Waals surface area (Å²) in [4.78, 5) is 22.3. The second-order valence-corrected chi connectivity index (χ2v) is 5.06. The van der Waals surface area contributed by atoms with Crippen LogP contribution in [0.25, 0.3) is 0 Å².